The van der Waals surface area contributed by atoms with Crippen LogP contribution in [-0.2, 0) is 20.9 Å². The molecule has 0 bridgehead atoms. The Morgan fingerprint density at radius 2 is 1.59 bits per heavy atom. The molecule has 1 N–H and O–H groups in total. The summed E-state index contributed by atoms with van der Waals surface area (Å²) in [5.74, 6) is -1.61. The number of esters is 1. The van der Waals surface area contributed by atoms with Crippen LogP contribution in [0.5, 0.6) is 5.75 Å². The van der Waals surface area contributed by atoms with Crippen LogP contribution < -0.4 is 15.0 Å². The van der Waals surface area contributed by atoms with Gasteiger partial charge in [-0.25, -0.2) is 14.5 Å². The Morgan fingerprint density at radius 1 is 0.973 bits per heavy atom. The molecule has 3 aromatic carbocycles. The van der Waals surface area contributed by atoms with E-state index in [0.717, 1.165) is 16.0 Å². The van der Waals surface area contributed by atoms with Gasteiger partial charge in [-0.15, -0.1) is 0 Å². The summed E-state index contributed by atoms with van der Waals surface area (Å²) >= 11 is 6.98. The maximum atomic E-state index is 13.2. The van der Waals surface area contributed by atoms with Crippen LogP contribution >= 0.6 is 31.9 Å². The van der Waals surface area contributed by atoms with E-state index in [1.165, 1.54) is 37.5 Å². The van der Waals surface area contributed by atoms with E-state index in [0.29, 0.717) is 26.9 Å². The largest absolute Gasteiger partial charge is 0.487 e. The fraction of sp³-hybridized carbons (Fsp3) is 0.111. The van der Waals surface area contributed by atoms with E-state index < -0.39 is 23.8 Å². The smallest absolute Gasteiger partial charge is 0.337 e. The van der Waals surface area contributed by atoms with Gasteiger partial charge in [0.2, 0.25) is 0 Å². The molecule has 10 heteroatoms. The number of imide groups is 2. The second kappa shape index (κ2) is 11.1. The highest BCUT2D eigenvalue weighted by Crippen LogP contribution is 2.36. The Kier molecular flexibility index (Phi) is 7.89. The lowest BCUT2D eigenvalue weighted by molar-refractivity contribution is -0.122. The predicted octanol–water partition coefficient (Wildman–Crippen LogP) is 5.55. The number of urea groups is 1. The summed E-state index contributed by atoms with van der Waals surface area (Å²) in [5.41, 5.74) is 2.89. The first-order valence-corrected chi connectivity index (χ1v) is 12.5. The van der Waals surface area contributed by atoms with Crippen molar-refractivity contribution in [3.8, 4) is 5.75 Å². The SMILES string of the molecule is COC(=O)c1ccc(N2C(=O)NC(=O)/C(=C\c3cc(Br)c(OCc4ccc(C)cc4)c(Br)c3)C2=O)cc1. The Labute approximate surface area is 229 Å². The molecule has 1 aliphatic rings. The van der Waals surface area contributed by atoms with Crippen molar-refractivity contribution in [2.24, 2.45) is 0 Å². The molecule has 0 radical (unpaired) electrons. The molecule has 1 aliphatic heterocycles. The lowest BCUT2D eigenvalue weighted by Crippen LogP contribution is -2.54. The number of barbiturate groups is 1. The Bertz CT molecular complexity index is 1410. The number of carbonyl (C=O) groups is 4. The molecular weight excluding hydrogens is 608 g/mol. The van der Waals surface area contributed by atoms with Crippen LogP contribution in [0.2, 0.25) is 0 Å². The van der Waals surface area contributed by atoms with Crippen LogP contribution in [0.3, 0.4) is 0 Å². The molecular formula is C27H20Br2N2O6. The third-order valence-corrected chi connectivity index (χ3v) is 6.66. The normalized spacial score (nSPS) is 14.5. The fourth-order valence-electron chi connectivity index (χ4n) is 3.56. The molecule has 1 fully saturated rings. The first-order chi connectivity index (χ1) is 17.7. The highest BCUT2D eigenvalue weighted by Gasteiger charge is 2.37. The van der Waals surface area contributed by atoms with Gasteiger partial charge in [-0.3, -0.25) is 14.9 Å². The van der Waals surface area contributed by atoms with Crippen molar-refractivity contribution in [3.05, 3.63) is 97.4 Å². The van der Waals surface area contributed by atoms with Crippen molar-refractivity contribution in [2.75, 3.05) is 12.0 Å². The highest BCUT2D eigenvalue weighted by molar-refractivity contribution is 9.11. The molecule has 4 amide bonds. The maximum absolute atomic E-state index is 13.2. The summed E-state index contributed by atoms with van der Waals surface area (Å²) < 4.78 is 11.8. The number of rotatable bonds is 6. The zero-order chi connectivity index (χ0) is 26.7. The van der Waals surface area contributed by atoms with Crippen LogP contribution in [0.15, 0.2) is 75.2 Å². The third kappa shape index (κ3) is 5.81. The Balaban J connectivity index is 1.58. The monoisotopic (exact) mass is 626 g/mol. The second-order valence-corrected chi connectivity index (χ2v) is 9.79. The molecule has 0 aliphatic carbocycles. The van der Waals surface area contributed by atoms with Crippen molar-refractivity contribution < 1.29 is 28.7 Å². The number of amides is 4. The summed E-state index contributed by atoms with van der Waals surface area (Å²) in [6.45, 7) is 2.36. The average Bonchev–Trinajstić information content (AvgIpc) is 2.87. The fourth-order valence-corrected chi connectivity index (χ4v) is 5.01. The number of benzene rings is 3. The number of hydrogen-bond acceptors (Lipinski definition) is 6. The van der Waals surface area contributed by atoms with Gasteiger partial charge in [0.1, 0.15) is 17.9 Å². The zero-order valence-electron chi connectivity index (χ0n) is 19.7. The van der Waals surface area contributed by atoms with Crippen molar-refractivity contribution in [1.29, 1.82) is 0 Å². The first kappa shape index (κ1) is 26.3. The molecule has 0 unspecified atom stereocenters. The van der Waals surface area contributed by atoms with Crippen molar-refractivity contribution in [1.82, 2.24) is 5.32 Å². The first-order valence-electron chi connectivity index (χ1n) is 10.9. The molecule has 8 nitrogen and oxygen atoms in total. The number of carbonyl (C=O) groups excluding carboxylic acids is 4. The van der Waals surface area contributed by atoms with Crippen molar-refractivity contribution in [2.45, 2.75) is 13.5 Å². The molecule has 0 aromatic heterocycles. The van der Waals surface area contributed by atoms with E-state index >= 15 is 0 Å². The van der Waals surface area contributed by atoms with E-state index in [9.17, 15) is 19.2 Å². The summed E-state index contributed by atoms with van der Waals surface area (Å²) in [7, 11) is 1.25. The summed E-state index contributed by atoms with van der Waals surface area (Å²) in [6.07, 6.45) is 1.39. The van der Waals surface area contributed by atoms with E-state index in [-0.39, 0.29) is 16.8 Å². The maximum Gasteiger partial charge on any atom is 0.337 e. The van der Waals surface area contributed by atoms with Gasteiger partial charge in [-0.05, 0) is 92.4 Å². The number of nitrogens with zero attached hydrogens (tertiary/aromatic N) is 1. The van der Waals surface area contributed by atoms with Gasteiger partial charge < -0.3 is 9.47 Å². The molecule has 0 saturated carbocycles. The number of ether oxygens (including phenoxy) is 2. The quantitative estimate of drug-likeness (QED) is 0.218. The summed E-state index contributed by atoms with van der Waals surface area (Å²) in [6, 6.07) is 16.2. The average molecular weight is 628 g/mol. The predicted molar refractivity (Wildman–Crippen MR) is 144 cm³/mol. The van der Waals surface area contributed by atoms with Crippen LogP contribution in [0.25, 0.3) is 6.08 Å². The summed E-state index contributed by atoms with van der Waals surface area (Å²) in [4.78, 5) is 50.7. The number of nitrogens with one attached hydrogen (secondary N) is 1. The lowest BCUT2D eigenvalue weighted by Gasteiger charge is -2.26. The number of anilines is 1. The lowest BCUT2D eigenvalue weighted by atomic mass is 10.1. The van der Waals surface area contributed by atoms with Crippen LogP contribution in [0, 0.1) is 6.92 Å². The highest BCUT2D eigenvalue weighted by atomic mass is 79.9. The Morgan fingerprint density at radius 3 is 2.19 bits per heavy atom. The van der Waals surface area contributed by atoms with Gasteiger partial charge in [-0.1, -0.05) is 29.8 Å². The van der Waals surface area contributed by atoms with Crippen molar-refractivity contribution >= 4 is 67.4 Å². The topological polar surface area (TPSA) is 102 Å². The van der Waals surface area contributed by atoms with Gasteiger partial charge in [0.25, 0.3) is 11.8 Å². The van der Waals surface area contributed by atoms with Gasteiger partial charge in [0, 0.05) is 0 Å². The Hall–Kier alpha value is -3.76. The standard InChI is InChI=1S/C27H20Br2N2O6/c1-15-3-5-16(6-4-15)14-37-23-21(28)12-17(13-22(23)29)11-20-24(32)30-27(35)31(25(20)33)19-9-7-18(8-10-19)26(34)36-2/h3-13H,14H2,1-2H3,(H,30,32,35)/b20-11+. The van der Waals surface area contributed by atoms with Gasteiger partial charge >= 0.3 is 12.0 Å². The zero-order valence-corrected chi connectivity index (χ0v) is 22.9. The van der Waals surface area contributed by atoms with E-state index in [1.807, 2.05) is 31.2 Å². The molecule has 0 spiro atoms. The second-order valence-electron chi connectivity index (χ2n) is 8.08. The van der Waals surface area contributed by atoms with Crippen molar-refractivity contribution in [3.63, 3.8) is 0 Å². The van der Waals surface area contributed by atoms with Gasteiger partial charge in [0.15, 0.2) is 0 Å². The van der Waals surface area contributed by atoms with E-state index in [2.05, 4.69) is 41.9 Å². The third-order valence-electron chi connectivity index (χ3n) is 5.48. The molecule has 1 saturated heterocycles. The molecule has 188 valence electrons. The minimum Gasteiger partial charge on any atom is -0.487 e. The number of methoxy groups -OCH3 is 1. The van der Waals surface area contributed by atoms with E-state index in [4.69, 9.17) is 4.74 Å². The van der Waals surface area contributed by atoms with Gasteiger partial charge in [-0.2, -0.15) is 0 Å². The molecule has 37 heavy (non-hydrogen) atoms. The minimum absolute atomic E-state index is 0.191. The van der Waals surface area contributed by atoms with Crippen LogP contribution in [0.1, 0.15) is 27.0 Å². The number of halogens is 2. The minimum atomic E-state index is -0.889. The van der Waals surface area contributed by atoms with E-state index in [1.54, 1.807) is 12.1 Å². The van der Waals surface area contributed by atoms with Gasteiger partial charge in [0.05, 0.1) is 27.3 Å². The molecule has 0 atom stereocenters. The molecule has 4 rings (SSSR count). The van der Waals surface area contributed by atoms with Crippen LogP contribution in [0.4, 0.5) is 10.5 Å². The summed E-state index contributed by atoms with van der Waals surface area (Å²) in [5, 5.41) is 2.18. The number of aryl methyl sites for hydroxylation is 1. The van der Waals surface area contributed by atoms with Crippen LogP contribution in [-0.4, -0.2) is 30.9 Å². The molecule has 3 aromatic rings. The number of hydrogen-bond donors (Lipinski definition) is 1. The molecule has 1 heterocycles.